The molecule has 100 valence electrons. The molecule has 1 aromatic heterocycles. The zero-order valence-corrected chi connectivity index (χ0v) is 11.7. The van der Waals surface area contributed by atoms with Gasteiger partial charge in [0, 0.05) is 17.8 Å². The van der Waals surface area contributed by atoms with E-state index in [0.29, 0.717) is 6.61 Å². The van der Waals surface area contributed by atoms with Crippen LogP contribution in [0.25, 0.3) is 0 Å². The van der Waals surface area contributed by atoms with Crippen LogP contribution < -0.4 is 5.32 Å². The van der Waals surface area contributed by atoms with Crippen molar-refractivity contribution in [3.8, 4) is 0 Å². The van der Waals surface area contributed by atoms with E-state index in [1.165, 1.54) is 4.88 Å². The number of nitrogens with one attached hydrogen (secondary N) is 1. The fourth-order valence-corrected chi connectivity index (χ4v) is 3.25. The molecule has 0 radical (unpaired) electrons. The molecule has 1 aliphatic heterocycles. The fourth-order valence-electron chi connectivity index (χ4n) is 2.56. The fraction of sp³-hybridized carbons (Fsp3) is 0.643. The van der Waals surface area contributed by atoms with Gasteiger partial charge in [-0.25, -0.2) is 0 Å². The van der Waals surface area contributed by atoms with Crippen molar-refractivity contribution in [1.29, 1.82) is 0 Å². The molecule has 1 fully saturated rings. The molecule has 1 aliphatic rings. The van der Waals surface area contributed by atoms with Crippen LogP contribution in [0.2, 0.25) is 0 Å². The first-order valence-electron chi connectivity index (χ1n) is 6.67. The van der Waals surface area contributed by atoms with Gasteiger partial charge >= 0.3 is 5.97 Å². The van der Waals surface area contributed by atoms with Gasteiger partial charge in [0.15, 0.2) is 0 Å². The molecule has 1 atom stereocenters. The third-order valence-corrected chi connectivity index (χ3v) is 4.50. The number of thiophene rings is 1. The summed E-state index contributed by atoms with van der Waals surface area (Å²) in [5, 5.41) is 5.34. The number of rotatable bonds is 6. The lowest BCUT2D eigenvalue weighted by atomic mass is 9.82. The monoisotopic (exact) mass is 267 g/mol. The minimum absolute atomic E-state index is 0.00842. The van der Waals surface area contributed by atoms with E-state index < -0.39 is 0 Å². The van der Waals surface area contributed by atoms with E-state index in [9.17, 15) is 4.79 Å². The molecule has 0 spiro atoms. The van der Waals surface area contributed by atoms with E-state index in [-0.39, 0.29) is 11.4 Å². The average molecular weight is 267 g/mol. The summed E-state index contributed by atoms with van der Waals surface area (Å²) in [6, 6.07) is 4.11. The van der Waals surface area contributed by atoms with Gasteiger partial charge in [-0.15, -0.1) is 11.3 Å². The second-order valence-electron chi connectivity index (χ2n) is 4.92. The average Bonchev–Trinajstić information content (AvgIpc) is 3.01. The first kappa shape index (κ1) is 13.6. The number of ether oxygens (including phenoxy) is 1. The van der Waals surface area contributed by atoms with E-state index in [1.54, 1.807) is 11.3 Å². The van der Waals surface area contributed by atoms with Crippen molar-refractivity contribution in [3.05, 3.63) is 22.4 Å². The van der Waals surface area contributed by atoms with Gasteiger partial charge in [0.25, 0.3) is 0 Å². The molecule has 3 nitrogen and oxygen atoms in total. The number of carbonyl (C=O) groups excluding carboxylic acids is 1. The molecule has 0 amide bonds. The summed E-state index contributed by atoms with van der Waals surface area (Å²) in [6.07, 6.45) is 3.71. The van der Waals surface area contributed by atoms with Crippen LogP contribution in [0.1, 0.15) is 31.1 Å². The molecule has 1 N–H and O–H groups in total. The van der Waals surface area contributed by atoms with Crippen LogP contribution in [0.15, 0.2) is 17.5 Å². The van der Waals surface area contributed by atoms with E-state index in [2.05, 4.69) is 23.7 Å². The highest BCUT2D eigenvalue weighted by Crippen LogP contribution is 2.32. The third-order valence-electron chi connectivity index (χ3n) is 3.57. The van der Waals surface area contributed by atoms with E-state index in [1.807, 2.05) is 6.07 Å². The molecule has 0 bridgehead atoms. The second-order valence-corrected chi connectivity index (χ2v) is 5.95. The summed E-state index contributed by atoms with van der Waals surface area (Å²) < 4.78 is 5.48. The van der Waals surface area contributed by atoms with Crippen molar-refractivity contribution >= 4 is 17.3 Å². The van der Waals surface area contributed by atoms with Gasteiger partial charge in [-0.1, -0.05) is 19.4 Å². The number of carbonyl (C=O) groups is 1. The topological polar surface area (TPSA) is 38.3 Å². The van der Waals surface area contributed by atoms with Gasteiger partial charge in [-0.3, -0.25) is 4.79 Å². The SMILES string of the molecule is CCCC1(C(=O)OCCc2cccs2)CCNC1. The molecule has 1 unspecified atom stereocenters. The first-order valence-corrected chi connectivity index (χ1v) is 7.55. The molecule has 0 aromatic carbocycles. The van der Waals surface area contributed by atoms with Crippen molar-refractivity contribution in [2.75, 3.05) is 19.7 Å². The summed E-state index contributed by atoms with van der Waals surface area (Å²) >= 11 is 1.71. The summed E-state index contributed by atoms with van der Waals surface area (Å²) in [7, 11) is 0. The van der Waals surface area contributed by atoms with Crippen molar-refractivity contribution in [2.45, 2.75) is 32.6 Å². The molecule has 2 heterocycles. The molecule has 1 saturated heterocycles. The Balaban J connectivity index is 1.82. The van der Waals surface area contributed by atoms with Crippen molar-refractivity contribution < 1.29 is 9.53 Å². The van der Waals surface area contributed by atoms with Crippen LogP contribution in [0, 0.1) is 5.41 Å². The third kappa shape index (κ3) is 3.12. The normalized spacial score (nSPS) is 23.2. The molecule has 2 rings (SSSR count). The van der Waals surface area contributed by atoms with Gasteiger partial charge in [0.2, 0.25) is 0 Å². The van der Waals surface area contributed by atoms with Gasteiger partial charge in [-0.05, 0) is 30.8 Å². The minimum Gasteiger partial charge on any atom is -0.465 e. The molecule has 18 heavy (non-hydrogen) atoms. The Labute approximate surface area is 113 Å². The number of hydrogen-bond acceptors (Lipinski definition) is 4. The lowest BCUT2D eigenvalue weighted by molar-refractivity contribution is -0.155. The number of hydrogen-bond donors (Lipinski definition) is 1. The minimum atomic E-state index is -0.260. The largest absolute Gasteiger partial charge is 0.465 e. The van der Waals surface area contributed by atoms with Crippen molar-refractivity contribution in [3.63, 3.8) is 0 Å². The van der Waals surface area contributed by atoms with E-state index in [4.69, 9.17) is 4.74 Å². The quantitative estimate of drug-likeness (QED) is 0.805. The Morgan fingerprint density at radius 3 is 3.11 bits per heavy atom. The summed E-state index contributed by atoms with van der Waals surface area (Å²) in [4.78, 5) is 13.5. The molecular formula is C14H21NO2S. The lowest BCUT2D eigenvalue weighted by Crippen LogP contribution is -2.35. The van der Waals surface area contributed by atoms with Gasteiger partial charge in [0.1, 0.15) is 0 Å². The highest BCUT2D eigenvalue weighted by Gasteiger charge is 2.41. The molecule has 0 saturated carbocycles. The van der Waals surface area contributed by atoms with Crippen LogP contribution in [0.3, 0.4) is 0 Å². The van der Waals surface area contributed by atoms with Crippen LogP contribution in [-0.4, -0.2) is 25.7 Å². The standard InChI is InChI=1S/C14H21NO2S/c1-2-6-14(7-8-15-11-14)13(16)17-9-5-12-4-3-10-18-12/h3-4,10,15H,2,5-9,11H2,1H3. The molecular weight excluding hydrogens is 246 g/mol. The van der Waals surface area contributed by atoms with Crippen LogP contribution >= 0.6 is 11.3 Å². The highest BCUT2D eigenvalue weighted by molar-refractivity contribution is 7.09. The second kappa shape index (κ2) is 6.34. The van der Waals surface area contributed by atoms with Crippen molar-refractivity contribution in [2.24, 2.45) is 5.41 Å². The maximum atomic E-state index is 12.2. The lowest BCUT2D eigenvalue weighted by Gasteiger charge is -2.25. The summed E-state index contributed by atoms with van der Waals surface area (Å²) in [5.74, 6) is -0.00842. The van der Waals surface area contributed by atoms with E-state index in [0.717, 1.165) is 38.8 Å². The Hall–Kier alpha value is -0.870. The van der Waals surface area contributed by atoms with Gasteiger partial charge < -0.3 is 10.1 Å². The molecule has 4 heteroatoms. The summed E-state index contributed by atoms with van der Waals surface area (Å²) in [6.45, 7) is 4.34. The highest BCUT2D eigenvalue weighted by atomic mass is 32.1. The Morgan fingerprint density at radius 1 is 1.61 bits per heavy atom. The first-order chi connectivity index (χ1) is 8.77. The van der Waals surface area contributed by atoms with E-state index >= 15 is 0 Å². The zero-order valence-electron chi connectivity index (χ0n) is 10.9. The zero-order chi connectivity index (χ0) is 12.8. The Kier molecular flexibility index (Phi) is 4.78. The smallest absolute Gasteiger partial charge is 0.313 e. The molecule has 0 aliphatic carbocycles. The van der Waals surface area contributed by atoms with Crippen LogP contribution in [0.5, 0.6) is 0 Å². The maximum Gasteiger partial charge on any atom is 0.313 e. The van der Waals surface area contributed by atoms with Crippen LogP contribution in [0.4, 0.5) is 0 Å². The predicted octanol–water partition coefficient (Wildman–Crippen LogP) is 2.61. The summed E-state index contributed by atoms with van der Waals surface area (Å²) in [5.41, 5.74) is -0.260. The Morgan fingerprint density at radius 2 is 2.50 bits per heavy atom. The van der Waals surface area contributed by atoms with Crippen LogP contribution in [-0.2, 0) is 16.0 Å². The van der Waals surface area contributed by atoms with Gasteiger partial charge in [0.05, 0.1) is 12.0 Å². The predicted molar refractivity (Wildman–Crippen MR) is 73.8 cm³/mol. The Bertz CT molecular complexity index is 369. The van der Waals surface area contributed by atoms with Crippen molar-refractivity contribution in [1.82, 2.24) is 5.32 Å². The molecule has 1 aromatic rings. The maximum absolute atomic E-state index is 12.2. The number of esters is 1. The van der Waals surface area contributed by atoms with Gasteiger partial charge in [-0.2, -0.15) is 0 Å².